The fraction of sp³-hybridized carbons (Fsp3) is 0.500. The van der Waals surface area contributed by atoms with Gasteiger partial charge < -0.3 is 9.64 Å². The highest BCUT2D eigenvalue weighted by molar-refractivity contribution is 5.81. The highest BCUT2D eigenvalue weighted by Gasteiger charge is 2.21. The van der Waals surface area contributed by atoms with Crippen LogP contribution in [0.3, 0.4) is 0 Å². The molecule has 22 heavy (non-hydrogen) atoms. The summed E-state index contributed by atoms with van der Waals surface area (Å²) in [6.07, 6.45) is 0.308. The van der Waals surface area contributed by atoms with Gasteiger partial charge in [-0.25, -0.2) is 4.39 Å². The van der Waals surface area contributed by atoms with E-state index in [-0.39, 0.29) is 17.7 Å². The maximum absolute atomic E-state index is 13.7. The number of hydrogen-bond acceptors (Lipinski definition) is 4. The lowest BCUT2D eigenvalue weighted by atomic mass is 10.1. The van der Waals surface area contributed by atoms with Crippen LogP contribution in [-0.2, 0) is 11.3 Å². The van der Waals surface area contributed by atoms with Gasteiger partial charge in [0.1, 0.15) is 0 Å². The molecular formula is C16H22FN3O2. The molecule has 1 rings (SSSR count). The number of methoxy groups -OCH3 is 1. The predicted molar refractivity (Wildman–Crippen MR) is 81.7 cm³/mol. The summed E-state index contributed by atoms with van der Waals surface area (Å²) in [5.74, 6) is -0.281. The van der Waals surface area contributed by atoms with E-state index in [0.29, 0.717) is 19.5 Å². The van der Waals surface area contributed by atoms with Gasteiger partial charge in [-0.1, -0.05) is 6.07 Å². The molecule has 1 unspecified atom stereocenters. The lowest BCUT2D eigenvalue weighted by molar-refractivity contribution is -0.134. The van der Waals surface area contributed by atoms with E-state index < -0.39 is 5.82 Å². The van der Waals surface area contributed by atoms with Crippen molar-refractivity contribution in [3.63, 3.8) is 0 Å². The van der Waals surface area contributed by atoms with E-state index in [9.17, 15) is 9.18 Å². The van der Waals surface area contributed by atoms with Crippen molar-refractivity contribution >= 4 is 5.91 Å². The Kier molecular flexibility index (Phi) is 6.80. The van der Waals surface area contributed by atoms with Crippen LogP contribution in [0.25, 0.3) is 0 Å². The number of amides is 1. The van der Waals surface area contributed by atoms with Gasteiger partial charge in [-0.15, -0.1) is 0 Å². The largest absolute Gasteiger partial charge is 0.494 e. The van der Waals surface area contributed by atoms with Crippen LogP contribution in [0.5, 0.6) is 5.75 Å². The topological polar surface area (TPSA) is 56.6 Å². The third-order valence-electron chi connectivity index (χ3n) is 3.60. The van der Waals surface area contributed by atoms with Crippen LogP contribution >= 0.6 is 0 Å². The van der Waals surface area contributed by atoms with Crippen LogP contribution in [-0.4, -0.2) is 49.5 Å². The molecule has 0 aliphatic rings. The quantitative estimate of drug-likeness (QED) is 0.773. The van der Waals surface area contributed by atoms with E-state index in [0.717, 1.165) is 5.56 Å². The normalized spacial score (nSPS) is 11.9. The van der Waals surface area contributed by atoms with Crippen molar-refractivity contribution in [1.82, 2.24) is 9.80 Å². The number of likely N-dealkylation sites (N-methyl/N-ethyl adjacent to an activating group) is 2. The van der Waals surface area contributed by atoms with E-state index in [1.165, 1.54) is 13.2 Å². The molecule has 0 aromatic heterocycles. The molecule has 0 bridgehead atoms. The number of nitriles is 1. The number of carbonyl (C=O) groups excluding carboxylic acids is 1. The number of benzene rings is 1. The van der Waals surface area contributed by atoms with Crippen LogP contribution in [0, 0.1) is 17.1 Å². The van der Waals surface area contributed by atoms with Crippen molar-refractivity contribution in [2.24, 2.45) is 0 Å². The van der Waals surface area contributed by atoms with Crippen molar-refractivity contribution < 1.29 is 13.9 Å². The van der Waals surface area contributed by atoms with Gasteiger partial charge in [-0.2, -0.15) is 5.26 Å². The Morgan fingerprint density at radius 2 is 2.14 bits per heavy atom. The van der Waals surface area contributed by atoms with Gasteiger partial charge in [0.25, 0.3) is 0 Å². The van der Waals surface area contributed by atoms with Crippen molar-refractivity contribution in [3.8, 4) is 11.8 Å². The summed E-state index contributed by atoms with van der Waals surface area (Å²) >= 11 is 0. The average Bonchev–Trinajstić information content (AvgIpc) is 2.51. The van der Waals surface area contributed by atoms with Crippen molar-refractivity contribution in [1.29, 1.82) is 5.26 Å². The van der Waals surface area contributed by atoms with E-state index in [1.807, 2.05) is 18.0 Å². The maximum Gasteiger partial charge on any atom is 0.239 e. The summed E-state index contributed by atoms with van der Waals surface area (Å²) in [4.78, 5) is 15.6. The van der Waals surface area contributed by atoms with Gasteiger partial charge >= 0.3 is 0 Å². The lowest BCUT2D eigenvalue weighted by Crippen LogP contribution is -2.44. The highest BCUT2D eigenvalue weighted by Crippen LogP contribution is 2.19. The lowest BCUT2D eigenvalue weighted by Gasteiger charge is -2.28. The SMILES string of the molecule is COc1ccc(CN(C)C(C)C(=O)N(C)CCC#N)cc1F. The van der Waals surface area contributed by atoms with Gasteiger partial charge in [0.2, 0.25) is 5.91 Å². The molecule has 1 amide bonds. The minimum Gasteiger partial charge on any atom is -0.494 e. The van der Waals surface area contributed by atoms with Gasteiger partial charge in [0.05, 0.1) is 25.6 Å². The van der Waals surface area contributed by atoms with E-state index in [2.05, 4.69) is 0 Å². The first kappa shape index (κ1) is 17.9. The fourth-order valence-electron chi connectivity index (χ4n) is 2.07. The first-order chi connectivity index (χ1) is 10.4. The molecule has 0 heterocycles. The zero-order chi connectivity index (χ0) is 16.7. The summed E-state index contributed by atoms with van der Waals surface area (Å²) in [5, 5.41) is 8.56. The molecule has 5 nitrogen and oxygen atoms in total. The van der Waals surface area contributed by atoms with Crippen LogP contribution < -0.4 is 4.74 Å². The fourth-order valence-corrected chi connectivity index (χ4v) is 2.07. The Labute approximate surface area is 130 Å². The zero-order valence-electron chi connectivity index (χ0n) is 13.5. The molecule has 1 aromatic carbocycles. The Morgan fingerprint density at radius 3 is 2.68 bits per heavy atom. The van der Waals surface area contributed by atoms with E-state index in [4.69, 9.17) is 10.00 Å². The number of rotatable bonds is 7. The summed E-state index contributed by atoms with van der Waals surface area (Å²) in [6, 6.07) is 6.42. The first-order valence-electron chi connectivity index (χ1n) is 7.05. The molecule has 1 aromatic rings. The molecule has 120 valence electrons. The number of carbonyl (C=O) groups is 1. The third-order valence-corrected chi connectivity index (χ3v) is 3.60. The van der Waals surface area contributed by atoms with Gasteiger partial charge in [0.15, 0.2) is 11.6 Å². The third kappa shape index (κ3) is 4.71. The molecule has 0 aliphatic carbocycles. The van der Waals surface area contributed by atoms with Crippen LogP contribution in [0.15, 0.2) is 18.2 Å². The molecule has 0 saturated carbocycles. The highest BCUT2D eigenvalue weighted by atomic mass is 19.1. The maximum atomic E-state index is 13.7. The second kappa shape index (κ2) is 8.35. The van der Waals surface area contributed by atoms with Gasteiger partial charge in [0, 0.05) is 20.1 Å². The zero-order valence-corrected chi connectivity index (χ0v) is 13.5. The smallest absolute Gasteiger partial charge is 0.239 e. The molecule has 0 fully saturated rings. The van der Waals surface area contributed by atoms with E-state index >= 15 is 0 Å². The molecule has 0 N–H and O–H groups in total. The first-order valence-corrected chi connectivity index (χ1v) is 7.05. The molecule has 0 spiro atoms. The molecular weight excluding hydrogens is 285 g/mol. The molecule has 0 radical (unpaired) electrons. The Bertz CT molecular complexity index is 557. The summed E-state index contributed by atoms with van der Waals surface area (Å²) in [5.41, 5.74) is 0.764. The van der Waals surface area contributed by atoms with Gasteiger partial charge in [-0.05, 0) is 31.7 Å². The van der Waals surface area contributed by atoms with E-state index in [1.54, 1.807) is 31.0 Å². The van der Waals surface area contributed by atoms with Crippen LogP contribution in [0.1, 0.15) is 18.9 Å². The van der Waals surface area contributed by atoms with Crippen LogP contribution in [0.2, 0.25) is 0 Å². The second-order valence-electron chi connectivity index (χ2n) is 5.23. The van der Waals surface area contributed by atoms with Crippen molar-refractivity contribution in [3.05, 3.63) is 29.6 Å². The molecule has 1 atom stereocenters. The summed E-state index contributed by atoms with van der Waals surface area (Å²) in [7, 11) is 4.90. The Hall–Kier alpha value is -2.13. The number of ether oxygens (including phenoxy) is 1. The second-order valence-corrected chi connectivity index (χ2v) is 5.23. The van der Waals surface area contributed by atoms with Crippen molar-refractivity contribution in [2.45, 2.75) is 25.9 Å². The monoisotopic (exact) mass is 307 g/mol. The molecule has 0 saturated heterocycles. The Morgan fingerprint density at radius 1 is 1.45 bits per heavy atom. The van der Waals surface area contributed by atoms with Crippen LogP contribution in [0.4, 0.5) is 4.39 Å². The Balaban J connectivity index is 2.67. The van der Waals surface area contributed by atoms with Gasteiger partial charge in [-0.3, -0.25) is 9.69 Å². The minimum absolute atomic E-state index is 0.0632. The predicted octanol–water partition coefficient (Wildman–Crippen LogP) is 2.03. The number of hydrogen-bond donors (Lipinski definition) is 0. The molecule has 6 heteroatoms. The van der Waals surface area contributed by atoms with Crippen molar-refractivity contribution in [2.75, 3.05) is 27.7 Å². The number of nitrogens with zero attached hydrogens (tertiary/aromatic N) is 3. The summed E-state index contributed by atoms with van der Waals surface area (Å²) in [6.45, 7) is 2.65. The standard InChI is InChI=1S/C16H22FN3O2/c1-12(16(21)19(2)9-5-8-18)20(3)11-13-6-7-15(22-4)14(17)10-13/h6-7,10,12H,5,9,11H2,1-4H3. The minimum atomic E-state index is -0.418. The number of halogens is 1. The molecule has 0 aliphatic heterocycles. The average molecular weight is 307 g/mol. The summed E-state index contributed by atoms with van der Waals surface area (Å²) < 4.78 is 18.6.